The van der Waals surface area contributed by atoms with Gasteiger partial charge in [0.1, 0.15) is 11.6 Å². The molecular weight excluding hydrogens is 457 g/mol. The van der Waals surface area contributed by atoms with E-state index in [0.717, 1.165) is 0 Å². The molecule has 2 amide bonds. The summed E-state index contributed by atoms with van der Waals surface area (Å²) in [5, 5.41) is 8.94. The lowest BCUT2D eigenvalue weighted by atomic mass is 9.92. The number of amides is 2. The van der Waals surface area contributed by atoms with Crippen LogP contribution in [0, 0.1) is 0 Å². The van der Waals surface area contributed by atoms with Gasteiger partial charge in [0.15, 0.2) is 0 Å². The molecule has 1 aliphatic heterocycles. The van der Waals surface area contributed by atoms with Crippen molar-refractivity contribution in [3.05, 3.63) is 68.4 Å². The maximum atomic E-state index is 13.0. The molecule has 0 saturated heterocycles. The molecule has 164 valence electrons. The van der Waals surface area contributed by atoms with Gasteiger partial charge in [-0.1, -0.05) is 35.3 Å². The first-order chi connectivity index (χ1) is 15.3. The molecule has 1 aliphatic rings. The van der Waals surface area contributed by atoms with Crippen LogP contribution < -0.4 is 26.2 Å². The number of aromatic nitrogens is 2. The van der Waals surface area contributed by atoms with Crippen molar-refractivity contribution in [1.82, 2.24) is 9.97 Å². The number of para-hydroxylation sites is 2. The zero-order valence-corrected chi connectivity index (χ0v) is 18.2. The van der Waals surface area contributed by atoms with Gasteiger partial charge in [-0.05, 0) is 30.3 Å². The number of benzene rings is 2. The van der Waals surface area contributed by atoms with Gasteiger partial charge < -0.3 is 20.7 Å². The van der Waals surface area contributed by atoms with Crippen molar-refractivity contribution >= 4 is 58.2 Å². The molecule has 0 bridgehead atoms. The maximum absolute atomic E-state index is 13.0. The van der Waals surface area contributed by atoms with E-state index in [1.165, 1.54) is 7.11 Å². The fourth-order valence-electron chi connectivity index (χ4n) is 3.38. The molecule has 2 aromatic carbocycles. The van der Waals surface area contributed by atoms with Crippen LogP contribution in [0.2, 0.25) is 10.0 Å². The van der Waals surface area contributed by atoms with Crippen molar-refractivity contribution < 1.29 is 14.3 Å². The third-order valence-corrected chi connectivity index (χ3v) is 5.19. The van der Waals surface area contributed by atoms with Crippen LogP contribution in [0.5, 0.6) is 5.75 Å². The molecule has 2 heterocycles. The van der Waals surface area contributed by atoms with Crippen molar-refractivity contribution in [2.24, 2.45) is 0 Å². The molecule has 1 unspecified atom stereocenters. The molecule has 0 fully saturated rings. The number of aromatic amines is 1. The number of nitrogens with one attached hydrogen (secondary N) is 4. The minimum absolute atomic E-state index is 0.000742. The van der Waals surface area contributed by atoms with Gasteiger partial charge in [-0.2, -0.15) is 4.98 Å². The zero-order valence-electron chi connectivity index (χ0n) is 16.7. The molecule has 0 radical (unpaired) electrons. The highest BCUT2D eigenvalue weighted by molar-refractivity contribution is 6.35. The van der Waals surface area contributed by atoms with Crippen LogP contribution in [0.15, 0.2) is 47.3 Å². The normalized spacial score (nSPS) is 14.8. The Hall–Kier alpha value is -3.56. The van der Waals surface area contributed by atoms with Gasteiger partial charge in [-0.15, -0.1) is 0 Å². The molecule has 11 heteroatoms. The van der Waals surface area contributed by atoms with Gasteiger partial charge in [0, 0.05) is 22.2 Å². The highest BCUT2D eigenvalue weighted by Gasteiger charge is 2.35. The zero-order chi connectivity index (χ0) is 22.8. The monoisotopic (exact) mass is 473 g/mol. The van der Waals surface area contributed by atoms with Crippen molar-refractivity contribution in [1.29, 1.82) is 0 Å². The molecule has 32 heavy (non-hydrogen) atoms. The Morgan fingerprint density at radius 1 is 1.16 bits per heavy atom. The Morgan fingerprint density at radius 3 is 2.59 bits per heavy atom. The summed E-state index contributed by atoms with van der Waals surface area (Å²) in [6, 6.07) is 11.6. The lowest BCUT2D eigenvalue weighted by molar-refractivity contribution is -0.123. The van der Waals surface area contributed by atoms with E-state index in [9.17, 15) is 14.4 Å². The van der Waals surface area contributed by atoms with E-state index in [2.05, 4.69) is 25.9 Å². The van der Waals surface area contributed by atoms with Crippen LogP contribution in [-0.4, -0.2) is 28.9 Å². The van der Waals surface area contributed by atoms with Crippen molar-refractivity contribution in [3.8, 4) is 5.75 Å². The molecule has 0 saturated carbocycles. The minimum Gasteiger partial charge on any atom is -0.495 e. The second-order valence-corrected chi connectivity index (χ2v) is 7.83. The number of carbonyl (C=O) groups excluding carboxylic acids is 2. The third kappa shape index (κ3) is 4.53. The fourth-order valence-corrected chi connectivity index (χ4v) is 3.91. The van der Waals surface area contributed by atoms with Crippen LogP contribution in [-0.2, 0) is 9.59 Å². The number of hydrogen-bond acceptors (Lipinski definition) is 6. The van der Waals surface area contributed by atoms with Crippen LogP contribution in [0.3, 0.4) is 0 Å². The number of rotatable bonds is 5. The van der Waals surface area contributed by atoms with Crippen LogP contribution in [0.1, 0.15) is 17.9 Å². The molecule has 0 aliphatic carbocycles. The summed E-state index contributed by atoms with van der Waals surface area (Å²) in [4.78, 5) is 45.0. The summed E-state index contributed by atoms with van der Waals surface area (Å²) in [5.41, 5.74) is 0.406. The van der Waals surface area contributed by atoms with Crippen molar-refractivity contribution in [2.45, 2.75) is 12.3 Å². The molecule has 1 aromatic heterocycles. The number of methoxy groups -OCH3 is 1. The summed E-state index contributed by atoms with van der Waals surface area (Å²) in [7, 11) is 1.48. The van der Waals surface area contributed by atoms with E-state index in [-0.39, 0.29) is 23.8 Å². The molecule has 4 rings (SSSR count). The topological polar surface area (TPSA) is 125 Å². The van der Waals surface area contributed by atoms with Gasteiger partial charge in [0.25, 0.3) is 5.56 Å². The number of hydrogen-bond donors (Lipinski definition) is 4. The second-order valence-electron chi connectivity index (χ2n) is 6.95. The highest BCUT2D eigenvalue weighted by atomic mass is 35.5. The quantitative estimate of drug-likeness (QED) is 0.445. The number of fused-ring (bicyclic) bond motifs is 1. The van der Waals surface area contributed by atoms with E-state index in [4.69, 9.17) is 27.9 Å². The predicted molar refractivity (Wildman–Crippen MR) is 122 cm³/mol. The van der Waals surface area contributed by atoms with Gasteiger partial charge >= 0.3 is 0 Å². The van der Waals surface area contributed by atoms with E-state index >= 15 is 0 Å². The average Bonchev–Trinajstić information content (AvgIpc) is 2.72. The first-order valence-corrected chi connectivity index (χ1v) is 10.2. The first kappa shape index (κ1) is 21.7. The first-order valence-electron chi connectivity index (χ1n) is 9.45. The van der Waals surface area contributed by atoms with Gasteiger partial charge in [0.05, 0.1) is 24.3 Å². The number of halogens is 2. The number of carbonyl (C=O) groups is 2. The van der Waals surface area contributed by atoms with Gasteiger partial charge in [-0.25, -0.2) is 0 Å². The predicted octanol–water partition coefficient (Wildman–Crippen LogP) is 3.89. The molecule has 0 spiro atoms. The minimum atomic E-state index is -1.03. The van der Waals surface area contributed by atoms with E-state index in [0.29, 0.717) is 27.2 Å². The average molecular weight is 474 g/mol. The standard InChI is InChI=1S/C21H17Cl2N5O4/c1-32-15-5-3-2-4-14(15)25-19(30)13-9-16(29)26-18-17(13)20(31)28-21(27-18)24-12-7-10(22)6-11(23)8-12/h2-8,13H,9H2,1H3,(H,25,30)(H3,24,26,27,28,29,31). The number of H-pyrrole nitrogens is 1. The molecular formula is C21H17Cl2N5O4. The summed E-state index contributed by atoms with van der Waals surface area (Å²) >= 11 is 12.0. The summed E-state index contributed by atoms with van der Waals surface area (Å²) < 4.78 is 5.24. The summed E-state index contributed by atoms with van der Waals surface area (Å²) in [5.74, 6) is -1.49. The van der Waals surface area contributed by atoms with E-state index in [1.807, 2.05) is 0 Å². The fraction of sp³-hybridized carbons (Fsp3) is 0.143. The number of anilines is 4. The second kappa shape index (κ2) is 8.89. The SMILES string of the molecule is COc1ccccc1NC(=O)C1CC(=O)Nc2nc(Nc3cc(Cl)cc(Cl)c3)[nH]c(=O)c21. The van der Waals surface area contributed by atoms with Crippen molar-refractivity contribution in [2.75, 3.05) is 23.1 Å². The largest absolute Gasteiger partial charge is 0.495 e. The lowest BCUT2D eigenvalue weighted by Crippen LogP contribution is -2.36. The maximum Gasteiger partial charge on any atom is 0.258 e. The summed E-state index contributed by atoms with van der Waals surface area (Å²) in [6.07, 6.45) is -0.199. The van der Waals surface area contributed by atoms with Gasteiger partial charge in [-0.3, -0.25) is 19.4 Å². The molecule has 1 atom stereocenters. The Kier molecular flexibility index (Phi) is 6.02. The van der Waals surface area contributed by atoms with Gasteiger partial charge in [0.2, 0.25) is 17.8 Å². The molecule has 3 aromatic rings. The Morgan fingerprint density at radius 2 is 1.88 bits per heavy atom. The smallest absolute Gasteiger partial charge is 0.258 e. The summed E-state index contributed by atoms with van der Waals surface area (Å²) in [6.45, 7) is 0. The van der Waals surface area contributed by atoms with Crippen molar-refractivity contribution in [3.63, 3.8) is 0 Å². The Balaban J connectivity index is 1.65. The molecule has 4 N–H and O–H groups in total. The highest BCUT2D eigenvalue weighted by Crippen LogP contribution is 2.32. The molecule has 9 nitrogen and oxygen atoms in total. The third-order valence-electron chi connectivity index (χ3n) is 4.76. The van der Waals surface area contributed by atoms with Crippen LogP contribution in [0.4, 0.5) is 23.1 Å². The number of nitrogens with zero attached hydrogens (tertiary/aromatic N) is 1. The Bertz CT molecular complexity index is 1260. The van der Waals surface area contributed by atoms with Crippen LogP contribution in [0.25, 0.3) is 0 Å². The Labute approximate surface area is 192 Å². The van der Waals surface area contributed by atoms with E-state index in [1.54, 1.807) is 42.5 Å². The van der Waals surface area contributed by atoms with Crippen LogP contribution >= 0.6 is 23.2 Å². The lowest BCUT2D eigenvalue weighted by Gasteiger charge is -2.24. The van der Waals surface area contributed by atoms with E-state index < -0.39 is 23.3 Å². The number of ether oxygens (including phenoxy) is 1.